The fourth-order valence-electron chi connectivity index (χ4n) is 1.74. The molecule has 0 aliphatic rings. The summed E-state index contributed by atoms with van der Waals surface area (Å²) in [6.45, 7) is 4.67. The van der Waals surface area contributed by atoms with Crippen molar-refractivity contribution in [3.63, 3.8) is 0 Å². The molecule has 7 heteroatoms. The maximum Gasteiger partial charge on any atom is 0.273 e. The van der Waals surface area contributed by atoms with E-state index in [2.05, 4.69) is 23.9 Å². The highest BCUT2D eigenvalue weighted by molar-refractivity contribution is 7.89. The first-order valence-corrected chi connectivity index (χ1v) is 7.75. The molecule has 110 valence electrons. The van der Waals surface area contributed by atoms with Gasteiger partial charge in [0.15, 0.2) is 0 Å². The number of hydrogen-bond acceptors (Lipinski definition) is 5. The van der Waals surface area contributed by atoms with Crippen molar-refractivity contribution < 1.29 is 17.9 Å². The molecule has 0 bridgehead atoms. The number of nitrogens with one attached hydrogen (secondary N) is 2. The summed E-state index contributed by atoms with van der Waals surface area (Å²) in [6, 6.07) is 3.23. The van der Waals surface area contributed by atoms with Crippen molar-refractivity contribution in [3.05, 3.63) is 17.9 Å². The molecule has 6 nitrogen and oxygen atoms in total. The van der Waals surface area contributed by atoms with Crippen LogP contribution in [0.2, 0.25) is 0 Å². The van der Waals surface area contributed by atoms with E-state index in [9.17, 15) is 8.42 Å². The predicted molar refractivity (Wildman–Crippen MR) is 72.1 cm³/mol. The van der Waals surface area contributed by atoms with Crippen molar-refractivity contribution in [1.82, 2.24) is 10.0 Å². The zero-order valence-electron chi connectivity index (χ0n) is 11.5. The van der Waals surface area contributed by atoms with Crippen molar-refractivity contribution in [3.8, 4) is 0 Å². The van der Waals surface area contributed by atoms with E-state index in [0.717, 1.165) is 0 Å². The fraction of sp³-hybridized carbons (Fsp3) is 0.667. The van der Waals surface area contributed by atoms with Crippen LogP contribution in [-0.2, 0) is 16.6 Å². The van der Waals surface area contributed by atoms with Gasteiger partial charge >= 0.3 is 0 Å². The molecular formula is C12H22N2O4S. The molecule has 0 amide bonds. The van der Waals surface area contributed by atoms with Crippen LogP contribution in [0.3, 0.4) is 0 Å². The zero-order chi connectivity index (χ0) is 14.5. The molecule has 0 aliphatic carbocycles. The Morgan fingerprint density at radius 3 is 2.58 bits per heavy atom. The van der Waals surface area contributed by atoms with Crippen LogP contribution in [0, 0.1) is 5.92 Å². The Morgan fingerprint density at radius 1 is 1.37 bits per heavy atom. The van der Waals surface area contributed by atoms with Crippen molar-refractivity contribution in [2.24, 2.45) is 5.92 Å². The lowest BCUT2D eigenvalue weighted by atomic mass is 10.0. The summed E-state index contributed by atoms with van der Waals surface area (Å²) >= 11 is 0. The lowest BCUT2D eigenvalue weighted by Gasteiger charge is -2.20. The Balaban J connectivity index is 2.64. The summed E-state index contributed by atoms with van der Waals surface area (Å²) in [4.78, 5) is 0. The first kappa shape index (κ1) is 16.2. The van der Waals surface area contributed by atoms with Gasteiger partial charge in [-0.2, -0.15) is 0 Å². The molecule has 3 N–H and O–H groups in total. The Bertz CT molecular complexity index is 482. The van der Waals surface area contributed by atoms with Gasteiger partial charge in [-0.05, 0) is 31.5 Å². The van der Waals surface area contributed by atoms with Gasteiger partial charge in [-0.1, -0.05) is 13.8 Å². The van der Waals surface area contributed by atoms with Crippen LogP contribution in [0.1, 0.15) is 26.0 Å². The zero-order valence-corrected chi connectivity index (χ0v) is 12.3. The SMILES string of the molecule is CNS(=O)(=O)c1ccc(CNC(CCO)C(C)C)o1. The van der Waals surface area contributed by atoms with Crippen LogP contribution in [0.15, 0.2) is 21.6 Å². The lowest BCUT2D eigenvalue weighted by molar-refractivity contribution is 0.240. The van der Waals surface area contributed by atoms with E-state index in [1.165, 1.54) is 13.1 Å². The van der Waals surface area contributed by atoms with Gasteiger partial charge in [0, 0.05) is 12.6 Å². The third-order valence-corrected chi connectivity index (χ3v) is 4.24. The molecule has 0 aliphatic heterocycles. The average Bonchev–Trinajstić information content (AvgIpc) is 2.83. The molecule has 0 fully saturated rings. The van der Waals surface area contributed by atoms with E-state index in [1.54, 1.807) is 6.07 Å². The summed E-state index contributed by atoms with van der Waals surface area (Å²) in [5.74, 6) is 0.931. The van der Waals surface area contributed by atoms with E-state index in [-0.39, 0.29) is 17.7 Å². The van der Waals surface area contributed by atoms with E-state index in [4.69, 9.17) is 9.52 Å². The number of rotatable bonds is 8. The van der Waals surface area contributed by atoms with Gasteiger partial charge in [0.1, 0.15) is 5.76 Å². The third-order valence-electron chi connectivity index (χ3n) is 2.95. The number of furan rings is 1. The van der Waals surface area contributed by atoms with E-state index < -0.39 is 10.0 Å². The molecular weight excluding hydrogens is 268 g/mol. The molecule has 0 spiro atoms. The Labute approximate surface area is 114 Å². The molecule has 1 atom stereocenters. The molecule has 1 aromatic rings. The van der Waals surface area contributed by atoms with Crippen LogP contribution in [0.5, 0.6) is 0 Å². The summed E-state index contributed by atoms with van der Waals surface area (Å²) in [6.07, 6.45) is 0.653. The van der Waals surface area contributed by atoms with E-state index >= 15 is 0 Å². The van der Waals surface area contributed by atoms with Crippen LogP contribution in [-0.4, -0.2) is 33.2 Å². The van der Waals surface area contributed by atoms with Crippen molar-refractivity contribution in [2.75, 3.05) is 13.7 Å². The molecule has 1 heterocycles. The predicted octanol–water partition coefficient (Wildman–Crippen LogP) is 0.684. The highest BCUT2D eigenvalue weighted by Gasteiger charge is 2.17. The smallest absolute Gasteiger partial charge is 0.273 e. The van der Waals surface area contributed by atoms with Crippen molar-refractivity contribution in [1.29, 1.82) is 0 Å². The summed E-state index contributed by atoms with van der Waals surface area (Å²) in [5.41, 5.74) is 0. The normalized spacial score (nSPS) is 13.9. The maximum absolute atomic E-state index is 11.5. The molecule has 0 saturated heterocycles. The summed E-state index contributed by atoms with van der Waals surface area (Å²) in [5, 5.41) is 12.1. The molecule has 0 aromatic carbocycles. The van der Waals surface area contributed by atoms with Gasteiger partial charge in [-0.25, -0.2) is 13.1 Å². The average molecular weight is 290 g/mol. The molecule has 0 saturated carbocycles. The number of aliphatic hydroxyl groups excluding tert-OH is 1. The number of sulfonamides is 1. The van der Waals surface area contributed by atoms with Gasteiger partial charge in [0.2, 0.25) is 5.09 Å². The van der Waals surface area contributed by atoms with Crippen LogP contribution in [0.4, 0.5) is 0 Å². The monoisotopic (exact) mass is 290 g/mol. The first-order chi connectivity index (χ1) is 8.90. The topological polar surface area (TPSA) is 91.6 Å². The highest BCUT2D eigenvalue weighted by atomic mass is 32.2. The standard InChI is InChI=1S/C12H22N2O4S/c1-9(2)11(6-7-15)14-8-10-4-5-12(18-10)19(16,17)13-3/h4-5,9,11,13-15H,6-8H2,1-3H3. The second kappa shape index (κ2) is 7.04. The minimum absolute atomic E-state index is 0.0879. The van der Waals surface area contributed by atoms with Crippen molar-refractivity contribution in [2.45, 2.75) is 37.9 Å². The Morgan fingerprint density at radius 2 is 2.05 bits per heavy atom. The van der Waals surface area contributed by atoms with Crippen LogP contribution < -0.4 is 10.0 Å². The van der Waals surface area contributed by atoms with Gasteiger partial charge in [0.05, 0.1) is 6.54 Å². The molecule has 0 radical (unpaired) electrons. The summed E-state index contributed by atoms with van der Waals surface area (Å²) in [7, 11) is -2.19. The lowest BCUT2D eigenvalue weighted by Crippen LogP contribution is -2.34. The van der Waals surface area contributed by atoms with Gasteiger partial charge in [-0.15, -0.1) is 0 Å². The highest BCUT2D eigenvalue weighted by Crippen LogP contribution is 2.14. The van der Waals surface area contributed by atoms with E-state index in [1.807, 2.05) is 0 Å². The quantitative estimate of drug-likeness (QED) is 0.655. The fourth-order valence-corrected chi connectivity index (χ4v) is 2.41. The summed E-state index contributed by atoms with van der Waals surface area (Å²) < 4.78 is 30.5. The van der Waals surface area contributed by atoms with Gasteiger partial charge in [-0.3, -0.25) is 0 Å². The second-order valence-electron chi connectivity index (χ2n) is 4.67. The minimum Gasteiger partial charge on any atom is -0.447 e. The molecule has 1 rings (SSSR count). The molecule has 1 aromatic heterocycles. The van der Waals surface area contributed by atoms with Crippen LogP contribution in [0.25, 0.3) is 0 Å². The van der Waals surface area contributed by atoms with E-state index in [0.29, 0.717) is 24.6 Å². The molecule has 19 heavy (non-hydrogen) atoms. The number of hydrogen-bond donors (Lipinski definition) is 3. The first-order valence-electron chi connectivity index (χ1n) is 6.27. The molecule has 1 unspecified atom stereocenters. The Kier molecular flexibility index (Phi) is 5.99. The van der Waals surface area contributed by atoms with Crippen LogP contribution >= 0.6 is 0 Å². The Hall–Kier alpha value is -0.890. The third kappa shape index (κ3) is 4.61. The van der Waals surface area contributed by atoms with Gasteiger partial charge in [0.25, 0.3) is 10.0 Å². The second-order valence-corrected chi connectivity index (χ2v) is 6.49. The largest absolute Gasteiger partial charge is 0.447 e. The number of aliphatic hydroxyl groups is 1. The van der Waals surface area contributed by atoms with Gasteiger partial charge < -0.3 is 14.8 Å². The van der Waals surface area contributed by atoms with Crippen molar-refractivity contribution >= 4 is 10.0 Å². The maximum atomic E-state index is 11.5. The minimum atomic E-state index is -3.53.